The van der Waals surface area contributed by atoms with Crippen molar-refractivity contribution in [2.45, 2.75) is 26.3 Å². The normalized spacial score (nSPS) is 11.3. The van der Waals surface area contributed by atoms with Crippen LogP contribution in [0.3, 0.4) is 0 Å². The number of hydrogen-bond acceptors (Lipinski definition) is 5. The fourth-order valence-corrected chi connectivity index (χ4v) is 1.46. The summed E-state index contributed by atoms with van der Waals surface area (Å²) in [5, 5.41) is 0. The Morgan fingerprint density at radius 1 is 1.45 bits per heavy atom. The number of nitrogens with two attached hydrogens (primary N) is 1. The third-order valence-electron chi connectivity index (χ3n) is 2.23. The Kier molecular flexibility index (Phi) is 5.26. The van der Waals surface area contributed by atoms with Crippen LogP contribution in [0, 0.1) is 5.82 Å². The van der Waals surface area contributed by atoms with E-state index in [1.807, 2.05) is 0 Å². The SMILES string of the molecule is CCOC(=O)Cc1cnc(OC(F)(F)F)c(F)c1CN. The molecule has 5 nitrogen and oxygen atoms in total. The second-order valence-electron chi connectivity index (χ2n) is 3.61. The van der Waals surface area contributed by atoms with Crippen molar-refractivity contribution in [3.63, 3.8) is 0 Å². The first kappa shape index (κ1) is 16.2. The maximum atomic E-state index is 13.8. The molecule has 1 aromatic heterocycles. The van der Waals surface area contributed by atoms with Crippen molar-refractivity contribution in [3.05, 3.63) is 23.1 Å². The number of nitrogens with zero attached hydrogens (tertiary/aromatic N) is 1. The monoisotopic (exact) mass is 296 g/mol. The Morgan fingerprint density at radius 2 is 2.10 bits per heavy atom. The minimum Gasteiger partial charge on any atom is -0.466 e. The van der Waals surface area contributed by atoms with Gasteiger partial charge in [-0.1, -0.05) is 0 Å². The molecule has 0 aliphatic carbocycles. The van der Waals surface area contributed by atoms with Gasteiger partial charge in [-0.2, -0.15) is 0 Å². The van der Waals surface area contributed by atoms with Gasteiger partial charge in [0.1, 0.15) is 0 Å². The molecule has 0 radical (unpaired) electrons. The quantitative estimate of drug-likeness (QED) is 0.661. The van der Waals surface area contributed by atoms with Gasteiger partial charge in [0.15, 0.2) is 5.82 Å². The van der Waals surface area contributed by atoms with E-state index < -0.39 is 30.6 Å². The topological polar surface area (TPSA) is 74.4 Å². The molecule has 0 saturated carbocycles. The average Bonchev–Trinajstić information content (AvgIpc) is 2.32. The van der Waals surface area contributed by atoms with Crippen molar-refractivity contribution in [2.75, 3.05) is 6.61 Å². The van der Waals surface area contributed by atoms with Crippen molar-refractivity contribution < 1.29 is 31.8 Å². The molecule has 0 amide bonds. The molecule has 0 aromatic carbocycles. The molecule has 0 bridgehead atoms. The predicted octanol–water partition coefficient (Wildman–Crippen LogP) is 1.68. The average molecular weight is 296 g/mol. The van der Waals surface area contributed by atoms with Crippen LogP contribution in [0.2, 0.25) is 0 Å². The lowest BCUT2D eigenvalue weighted by atomic mass is 10.1. The summed E-state index contributed by atoms with van der Waals surface area (Å²) in [4.78, 5) is 14.5. The van der Waals surface area contributed by atoms with Crippen LogP contribution in [0.25, 0.3) is 0 Å². The van der Waals surface area contributed by atoms with Crippen LogP contribution in [-0.4, -0.2) is 23.9 Å². The molecule has 0 unspecified atom stereocenters. The van der Waals surface area contributed by atoms with Crippen molar-refractivity contribution in [1.29, 1.82) is 0 Å². The number of carbonyl (C=O) groups excluding carboxylic acids is 1. The first-order chi connectivity index (χ1) is 9.28. The standard InChI is InChI=1S/C11H12F4N2O3/c1-2-19-8(18)3-6-5-17-10(20-11(13,14)15)9(12)7(6)4-16/h5H,2-4,16H2,1H3. The largest absolute Gasteiger partial charge is 0.574 e. The van der Waals surface area contributed by atoms with E-state index in [1.165, 1.54) is 0 Å². The maximum Gasteiger partial charge on any atom is 0.574 e. The van der Waals surface area contributed by atoms with E-state index >= 15 is 0 Å². The van der Waals surface area contributed by atoms with Crippen molar-refractivity contribution >= 4 is 5.97 Å². The van der Waals surface area contributed by atoms with Crippen molar-refractivity contribution in [3.8, 4) is 5.88 Å². The lowest BCUT2D eigenvalue weighted by Crippen LogP contribution is -2.20. The summed E-state index contributed by atoms with van der Waals surface area (Å²) in [6.07, 6.45) is -4.50. The van der Waals surface area contributed by atoms with Crippen LogP contribution in [0.4, 0.5) is 17.6 Å². The van der Waals surface area contributed by atoms with E-state index in [4.69, 9.17) is 5.73 Å². The Balaban J connectivity index is 3.05. The van der Waals surface area contributed by atoms with Crippen molar-refractivity contribution in [1.82, 2.24) is 4.98 Å². The van der Waals surface area contributed by atoms with Crippen molar-refractivity contribution in [2.24, 2.45) is 5.73 Å². The number of esters is 1. The maximum absolute atomic E-state index is 13.8. The minimum atomic E-state index is -5.07. The molecule has 0 aliphatic rings. The summed E-state index contributed by atoms with van der Waals surface area (Å²) in [6, 6.07) is 0. The van der Waals surface area contributed by atoms with Crippen LogP contribution >= 0.6 is 0 Å². The van der Waals surface area contributed by atoms with Gasteiger partial charge in [0.05, 0.1) is 13.0 Å². The summed E-state index contributed by atoms with van der Waals surface area (Å²) < 4.78 is 58.0. The molecule has 0 aliphatic heterocycles. The Bertz CT molecular complexity index is 491. The highest BCUT2D eigenvalue weighted by Crippen LogP contribution is 2.27. The Morgan fingerprint density at radius 3 is 2.60 bits per heavy atom. The molecule has 2 N–H and O–H groups in total. The van der Waals surface area contributed by atoms with Crippen LogP contribution in [-0.2, 0) is 22.5 Å². The zero-order chi connectivity index (χ0) is 15.3. The number of pyridine rings is 1. The van der Waals surface area contributed by atoms with E-state index in [2.05, 4.69) is 14.5 Å². The van der Waals surface area contributed by atoms with Crippen LogP contribution in [0.5, 0.6) is 5.88 Å². The molecular formula is C11H12F4N2O3. The first-order valence-corrected chi connectivity index (χ1v) is 5.56. The molecule has 20 heavy (non-hydrogen) atoms. The van der Waals surface area contributed by atoms with E-state index in [0.29, 0.717) is 0 Å². The summed E-state index contributed by atoms with van der Waals surface area (Å²) >= 11 is 0. The number of halogens is 4. The molecule has 9 heteroatoms. The summed E-state index contributed by atoms with van der Waals surface area (Å²) in [5.74, 6) is -3.23. The molecular weight excluding hydrogens is 284 g/mol. The second-order valence-corrected chi connectivity index (χ2v) is 3.61. The van der Waals surface area contributed by atoms with Gasteiger partial charge in [0.25, 0.3) is 5.88 Å². The fourth-order valence-electron chi connectivity index (χ4n) is 1.46. The lowest BCUT2D eigenvalue weighted by molar-refractivity contribution is -0.277. The molecule has 1 aromatic rings. The highest BCUT2D eigenvalue weighted by molar-refractivity contribution is 5.73. The van der Waals surface area contributed by atoms with Gasteiger partial charge in [0, 0.05) is 18.3 Å². The number of aromatic nitrogens is 1. The second kappa shape index (κ2) is 6.51. The third-order valence-corrected chi connectivity index (χ3v) is 2.23. The van der Waals surface area contributed by atoms with Gasteiger partial charge in [0.2, 0.25) is 0 Å². The summed E-state index contributed by atoms with van der Waals surface area (Å²) in [5.41, 5.74) is 5.06. The molecule has 1 heterocycles. The Hall–Kier alpha value is -1.90. The number of carbonyl (C=O) groups is 1. The zero-order valence-electron chi connectivity index (χ0n) is 10.5. The number of alkyl halides is 3. The van der Waals surface area contributed by atoms with Crippen LogP contribution < -0.4 is 10.5 Å². The predicted molar refractivity (Wildman–Crippen MR) is 59.1 cm³/mol. The molecule has 1 rings (SSSR count). The summed E-state index contributed by atoms with van der Waals surface area (Å²) in [6.45, 7) is 1.31. The number of rotatable bonds is 5. The van der Waals surface area contributed by atoms with E-state index in [0.717, 1.165) is 6.20 Å². The summed E-state index contributed by atoms with van der Waals surface area (Å²) in [7, 11) is 0. The minimum absolute atomic E-state index is 0.0537. The van der Waals surface area contributed by atoms with E-state index in [9.17, 15) is 22.4 Å². The highest BCUT2D eigenvalue weighted by atomic mass is 19.4. The fraction of sp³-hybridized carbons (Fsp3) is 0.455. The molecule has 0 fully saturated rings. The van der Waals surface area contributed by atoms with Crippen LogP contribution in [0.1, 0.15) is 18.1 Å². The van der Waals surface area contributed by atoms with E-state index in [1.54, 1.807) is 6.92 Å². The van der Waals surface area contributed by atoms with E-state index in [-0.39, 0.29) is 24.2 Å². The molecule has 0 atom stereocenters. The van der Waals surface area contributed by atoms with Gasteiger partial charge in [-0.05, 0) is 12.5 Å². The number of ether oxygens (including phenoxy) is 2. The van der Waals surface area contributed by atoms with Gasteiger partial charge in [-0.25, -0.2) is 9.37 Å². The van der Waals surface area contributed by atoms with Gasteiger partial charge in [-0.15, -0.1) is 13.2 Å². The smallest absolute Gasteiger partial charge is 0.466 e. The van der Waals surface area contributed by atoms with Crippen LogP contribution in [0.15, 0.2) is 6.20 Å². The van der Waals surface area contributed by atoms with Gasteiger partial charge < -0.3 is 15.2 Å². The van der Waals surface area contributed by atoms with Gasteiger partial charge >= 0.3 is 12.3 Å². The molecule has 112 valence electrons. The number of hydrogen-bond donors (Lipinski definition) is 1. The Labute approximate surface area is 111 Å². The van der Waals surface area contributed by atoms with Gasteiger partial charge in [-0.3, -0.25) is 4.79 Å². The first-order valence-electron chi connectivity index (χ1n) is 5.56. The molecule has 0 saturated heterocycles. The third kappa shape index (κ3) is 4.34. The lowest BCUT2D eigenvalue weighted by Gasteiger charge is -2.13. The highest BCUT2D eigenvalue weighted by Gasteiger charge is 2.34. The zero-order valence-corrected chi connectivity index (χ0v) is 10.5. The molecule has 0 spiro atoms.